The Bertz CT molecular complexity index is 300. The van der Waals surface area contributed by atoms with Gasteiger partial charge in [0.15, 0.2) is 0 Å². The summed E-state index contributed by atoms with van der Waals surface area (Å²) in [4.78, 5) is 4.94. The molecule has 1 aliphatic carbocycles. The van der Waals surface area contributed by atoms with E-state index in [9.17, 15) is 5.26 Å². The molecule has 0 amide bonds. The minimum Gasteiger partial charge on any atom is -0.309 e. The largest absolute Gasteiger partial charge is 0.309 e. The average Bonchev–Trinajstić information content (AvgIpc) is 2.64. The van der Waals surface area contributed by atoms with Crippen molar-refractivity contribution < 1.29 is 0 Å². The second-order valence-corrected chi connectivity index (χ2v) is 6.68. The van der Waals surface area contributed by atoms with Gasteiger partial charge in [-0.05, 0) is 58.8 Å². The Morgan fingerprint density at radius 2 is 1.74 bits per heavy atom. The number of nitrogens with zero attached hydrogens (tertiary/aromatic N) is 3. The summed E-state index contributed by atoms with van der Waals surface area (Å²) in [5.41, 5.74) is 0. The molecule has 2 unspecified atom stereocenters. The molecule has 1 saturated heterocycles. The Kier molecular flexibility index (Phi) is 5.66. The van der Waals surface area contributed by atoms with E-state index in [2.05, 4.69) is 30.0 Å². The highest BCUT2D eigenvalue weighted by atomic mass is 15.2. The van der Waals surface area contributed by atoms with Gasteiger partial charge in [0.2, 0.25) is 0 Å². The maximum atomic E-state index is 9.40. The van der Waals surface area contributed by atoms with E-state index in [1.807, 2.05) is 0 Å². The number of hydrogen-bond acceptors (Lipinski definition) is 3. The van der Waals surface area contributed by atoms with Gasteiger partial charge < -0.3 is 4.90 Å². The van der Waals surface area contributed by atoms with Crippen LogP contribution in [-0.4, -0.2) is 49.6 Å². The quantitative estimate of drug-likeness (QED) is 0.733. The van der Waals surface area contributed by atoms with Crippen LogP contribution in [0.5, 0.6) is 0 Å². The summed E-state index contributed by atoms with van der Waals surface area (Å²) in [6.45, 7) is 3.64. The lowest BCUT2D eigenvalue weighted by Crippen LogP contribution is -2.45. The van der Waals surface area contributed by atoms with Crippen molar-refractivity contribution >= 4 is 0 Å². The van der Waals surface area contributed by atoms with E-state index in [1.165, 1.54) is 58.2 Å². The normalized spacial score (nSPS) is 31.1. The van der Waals surface area contributed by atoms with Gasteiger partial charge in [-0.1, -0.05) is 19.3 Å². The van der Waals surface area contributed by atoms with Crippen LogP contribution in [0.1, 0.15) is 44.9 Å². The molecular formula is C16H29N3. The molecule has 0 N–H and O–H groups in total. The van der Waals surface area contributed by atoms with Crippen LogP contribution in [0.25, 0.3) is 0 Å². The van der Waals surface area contributed by atoms with Gasteiger partial charge in [-0.2, -0.15) is 5.26 Å². The van der Waals surface area contributed by atoms with E-state index >= 15 is 0 Å². The molecule has 0 aromatic rings. The number of piperidine rings is 1. The molecule has 1 aliphatic heterocycles. The zero-order valence-electron chi connectivity index (χ0n) is 12.6. The highest BCUT2D eigenvalue weighted by molar-refractivity contribution is 4.95. The number of nitriles is 1. The SMILES string of the molecule is CN(C)CC1CCN(C2CCCCCC2C#N)CC1. The minimum absolute atomic E-state index is 0.285. The van der Waals surface area contributed by atoms with Crippen molar-refractivity contribution in [2.24, 2.45) is 11.8 Å². The highest BCUT2D eigenvalue weighted by Crippen LogP contribution is 2.30. The van der Waals surface area contributed by atoms with Crippen LogP contribution in [0, 0.1) is 23.2 Å². The van der Waals surface area contributed by atoms with Crippen LogP contribution in [-0.2, 0) is 0 Å². The summed E-state index contributed by atoms with van der Waals surface area (Å²) in [6, 6.07) is 3.13. The van der Waals surface area contributed by atoms with Crippen LogP contribution in [0.2, 0.25) is 0 Å². The van der Waals surface area contributed by atoms with Crippen molar-refractivity contribution in [1.29, 1.82) is 5.26 Å². The molecule has 3 nitrogen and oxygen atoms in total. The topological polar surface area (TPSA) is 30.3 Å². The fraction of sp³-hybridized carbons (Fsp3) is 0.938. The lowest BCUT2D eigenvalue weighted by atomic mass is 9.90. The van der Waals surface area contributed by atoms with Gasteiger partial charge in [-0.3, -0.25) is 4.90 Å². The van der Waals surface area contributed by atoms with Crippen LogP contribution >= 0.6 is 0 Å². The van der Waals surface area contributed by atoms with E-state index in [4.69, 9.17) is 0 Å². The van der Waals surface area contributed by atoms with Crippen LogP contribution in [0.4, 0.5) is 0 Å². The Morgan fingerprint density at radius 1 is 1.05 bits per heavy atom. The van der Waals surface area contributed by atoms with Crippen molar-refractivity contribution in [2.45, 2.75) is 51.0 Å². The van der Waals surface area contributed by atoms with E-state index in [0.717, 1.165) is 12.3 Å². The summed E-state index contributed by atoms with van der Waals surface area (Å²) < 4.78 is 0. The predicted octanol–water partition coefficient (Wildman–Crippen LogP) is 2.73. The molecule has 3 heteroatoms. The lowest BCUT2D eigenvalue weighted by Gasteiger charge is -2.39. The molecule has 108 valence electrons. The molecule has 0 aromatic carbocycles. The number of likely N-dealkylation sites (tertiary alicyclic amines) is 1. The Balaban J connectivity index is 1.87. The van der Waals surface area contributed by atoms with Crippen LogP contribution in [0.15, 0.2) is 0 Å². The molecule has 2 atom stereocenters. The summed E-state index contributed by atoms with van der Waals surface area (Å²) in [6.07, 6.45) is 8.90. The third-order valence-electron chi connectivity index (χ3n) is 4.89. The first-order valence-corrected chi connectivity index (χ1v) is 7.99. The van der Waals surface area contributed by atoms with Crippen molar-refractivity contribution in [3.05, 3.63) is 0 Å². The maximum Gasteiger partial charge on any atom is 0.0672 e. The molecular weight excluding hydrogens is 234 g/mol. The third-order valence-corrected chi connectivity index (χ3v) is 4.89. The summed E-state index contributed by atoms with van der Waals surface area (Å²) in [7, 11) is 4.34. The highest BCUT2D eigenvalue weighted by Gasteiger charge is 2.31. The van der Waals surface area contributed by atoms with Crippen molar-refractivity contribution in [2.75, 3.05) is 33.7 Å². The van der Waals surface area contributed by atoms with E-state index in [0.29, 0.717) is 6.04 Å². The average molecular weight is 263 g/mol. The molecule has 0 aromatic heterocycles. The van der Waals surface area contributed by atoms with Gasteiger partial charge in [0, 0.05) is 12.6 Å². The van der Waals surface area contributed by atoms with Crippen LogP contribution < -0.4 is 0 Å². The first-order valence-electron chi connectivity index (χ1n) is 7.99. The summed E-state index contributed by atoms with van der Waals surface area (Å²) in [5.74, 6) is 1.14. The lowest BCUT2D eigenvalue weighted by molar-refractivity contribution is 0.0953. The predicted molar refractivity (Wildman–Crippen MR) is 78.8 cm³/mol. The summed E-state index contributed by atoms with van der Waals surface area (Å²) >= 11 is 0. The molecule has 19 heavy (non-hydrogen) atoms. The molecule has 2 fully saturated rings. The fourth-order valence-corrected chi connectivity index (χ4v) is 3.86. The van der Waals surface area contributed by atoms with E-state index in [-0.39, 0.29) is 5.92 Å². The molecule has 2 rings (SSSR count). The number of rotatable bonds is 3. The zero-order chi connectivity index (χ0) is 13.7. The van der Waals surface area contributed by atoms with Crippen molar-refractivity contribution in [1.82, 2.24) is 9.80 Å². The van der Waals surface area contributed by atoms with Gasteiger partial charge in [0.05, 0.1) is 12.0 Å². The third kappa shape index (κ3) is 4.19. The Labute approximate surface area is 118 Å². The van der Waals surface area contributed by atoms with Gasteiger partial charge in [-0.15, -0.1) is 0 Å². The molecule has 1 heterocycles. The second-order valence-electron chi connectivity index (χ2n) is 6.68. The first-order chi connectivity index (χ1) is 9.20. The van der Waals surface area contributed by atoms with E-state index < -0.39 is 0 Å². The second kappa shape index (κ2) is 7.26. The zero-order valence-corrected chi connectivity index (χ0v) is 12.6. The van der Waals surface area contributed by atoms with Crippen molar-refractivity contribution in [3.8, 4) is 6.07 Å². The van der Waals surface area contributed by atoms with Crippen molar-refractivity contribution in [3.63, 3.8) is 0 Å². The fourth-order valence-electron chi connectivity index (χ4n) is 3.86. The molecule has 0 radical (unpaired) electrons. The van der Waals surface area contributed by atoms with E-state index in [1.54, 1.807) is 0 Å². The standard InChI is InChI=1S/C16H29N3/c1-18(2)13-14-8-10-19(11-9-14)16-7-5-3-4-6-15(16)12-17/h14-16H,3-11,13H2,1-2H3. The molecule has 2 aliphatic rings. The Morgan fingerprint density at radius 3 is 2.37 bits per heavy atom. The van der Waals surface area contributed by atoms with Gasteiger partial charge in [-0.25, -0.2) is 0 Å². The minimum atomic E-state index is 0.285. The molecule has 0 bridgehead atoms. The Hall–Kier alpha value is -0.590. The van der Waals surface area contributed by atoms with Crippen LogP contribution in [0.3, 0.4) is 0 Å². The van der Waals surface area contributed by atoms with Gasteiger partial charge in [0.1, 0.15) is 0 Å². The summed E-state index contributed by atoms with van der Waals surface area (Å²) in [5, 5.41) is 9.40. The molecule has 1 saturated carbocycles. The van der Waals surface area contributed by atoms with Gasteiger partial charge in [0.25, 0.3) is 0 Å². The maximum absolute atomic E-state index is 9.40. The van der Waals surface area contributed by atoms with Gasteiger partial charge >= 0.3 is 0 Å². The number of hydrogen-bond donors (Lipinski definition) is 0. The smallest absolute Gasteiger partial charge is 0.0672 e. The first kappa shape index (κ1) is 14.8. The monoisotopic (exact) mass is 263 g/mol. The molecule has 0 spiro atoms.